The molecule has 1 N–H and O–H groups in total. The Morgan fingerprint density at radius 2 is 1.60 bits per heavy atom. The zero-order chi connectivity index (χ0) is 35.3. The van der Waals surface area contributed by atoms with Crippen molar-refractivity contribution < 1.29 is 32.2 Å². The molecule has 0 spiro atoms. The zero-order valence-electron chi connectivity index (χ0n) is 26.7. The number of hydrogen-bond donors (Lipinski definition) is 1. The van der Waals surface area contributed by atoms with Crippen LogP contribution in [-0.4, -0.2) is 23.6 Å². The normalized spacial score (nSPS) is 11.5. The number of carbonyl (C=O) groups excluding carboxylic acids is 2. The van der Waals surface area contributed by atoms with Gasteiger partial charge in [0.25, 0.3) is 11.5 Å². The first-order chi connectivity index (χ1) is 23.4. The number of carbonyl (C=O) groups is 2. The number of rotatable bonds is 9. The van der Waals surface area contributed by atoms with Gasteiger partial charge >= 0.3 is 12.1 Å². The third kappa shape index (κ3) is 8.10. The molecule has 5 rings (SSSR count). The quantitative estimate of drug-likeness (QED) is 0.157. The number of nitriles is 1. The zero-order valence-corrected chi connectivity index (χ0v) is 26.7. The fraction of sp³-hybridized carbons (Fsp3) is 0.179. The fourth-order valence-electron chi connectivity index (χ4n) is 5.35. The van der Waals surface area contributed by atoms with Crippen LogP contribution >= 0.6 is 0 Å². The van der Waals surface area contributed by atoms with Crippen LogP contribution in [0.1, 0.15) is 57.2 Å². The maximum absolute atomic E-state index is 14.0. The van der Waals surface area contributed by atoms with Gasteiger partial charge in [-0.25, -0.2) is 4.79 Å². The van der Waals surface area contributed by atoms with Crippen molar-refractivity contribution in [1.29, 1.82) is 5.26 Å². The van der Waals surface area contributed by atoms with Gasteiger partial charge in [-0.15, -0.1) is 0 Å². The van der Waals surface area contributed by atoms with Crippen molar-refractivity contribution in [3.8, 4) is 28.8 Å². The molecule has 256 valence electrons. The number of nitrogens with zero attached hydrogens (tertiary/aromatic N) is 2. The fourth-order valence-corrected chi connectivity index (χ4v) is 5.35. The van der Waals surface area contributed by atoms with Gasteiger partial charge in [0.15, 0.2) is 6.04 Å². The van der Waals surface area contributed by atoms with Gasteiger partial charge < -0.3 is 19.4 Å². The Morgan fingerprint density at radius 1 is 0.900 bits per heavy atom. The van der Waals surface area contributed by atoms with Crippen molar-refractivity contribution in [2.75, 3.05) is 7.11 Å². The van der Waals surface area contributed by atoms with E-state index in [4.69, 9.17) is 9.47 Å². The number of aryl methyl sites for hydroxylation is 2. The van der Waals surface area contributed by atoms with E-state index in [-0.39, 0.29) is 36.5 Å². The lowest BCUT2D eigenvalue weighted by atomic mass is 10.0. The Kier molecular flexibility index (Phi) is 11.3. The van der Waals surface area contributed by atoms with E-state index in [2.05, 4.69) is 5.32 Å². The average molecular weight is 682 g/mol. The first-order valence-electron chi connectivity index (χ1n) is 15.0. The highest BCUT2D eigenvalue weighted by Crippen LogP contribution is 2.35. The molecular weight excluding hydrogens is 647 g/mol. The second-order valence-electron chi connectivity index (χ2n) is 11.2. The third-order valence-corrected chi connectivity index (χ3v) is 7.87. The van der Waals surface area contributed by atoms with E-state index in [0.29, 0.717) is 16.9 Å². The van der Waals surface area contributed by atoms with Crippen LogP contribution in [0.5, 0.6) is 11.5 Å². The lowest BCUT2D eigenvalue weighted by molar-refractivity contribution is -0.143. The molecule has 11 heteroatoms. The summed E-state index contributed by atoms with van der Waals surface area (Å²) in [5.74, 6) is -0.621. The summed E-state index contributed by atoms with van der Waals surface area (Å²) in [5.41, 5.74) is 0.191. The van der Waals surface area contributed by atoms with Gasteiger partial charge in [0.2, 0.25) is 0 Å². The minimum absolute atomic E-state index is 0. The van der Waals surface area contributed by atoms with Crippen LogP contribution < -0.4 is 15.6 Å². The largest absolute Gasteiger partial charge is 0.467 e. The van der Waals surface area contributed by atoms with Gasteiger partial charge in [-0.2, -0.15) is 18.4 Å². The molecule has 0 fully saturated rings. The van der Waals surface area contributed by atoms with Crippen molar-refractivity contribution in [3.05, 3.63) is 152 Å². The Balaban J connectivity index is 0.00000562. The van der Waals surface area contributed by atoms with E-state index in [0.717, 1.165) is 17.2 Å². The van der Waals surface area contributed by atoms with Crippen LogP contribution in [0.25, 0.3) is 11.3 Å². The number of nitrogens with one attached hydrogen (secondary N) is 1. The van der Waals surface area contributed by atoms with Gasteiger partial charge in [-0.1, -0.05) is 67.6 Å². The highest BCUT2D eigenvalue weighted by atomic mass is 19.4. The Morgan fingerprint density at radius 3 is 2.22 bits per heavy atom. The van der Waals surface area contributed by atoms with E-state index < -0.39 is 40.8 Å². The van der Waals surface area contributed by atoms with Crippen molar-refractivity contribution in [2.45, 2.75) is 40.0 Å². The number of pyridine rings is 1. The molecule has 0 bridgehead atoms. The molecule has 0 aliphatic carbocycles. The molecule has 4 aromatic carbocycles. The summed E-state index contributed by atoms with van der Waals surface area (Å²) in [5, 5.41) is 12.2. The van der Waals surface area contributed by atoms with E-state index in [1.807, 2.05) is 26.0 Å². The van der Waals surface area contributed by atoms with Gasteiger partial charge in [0.1, 0.15) is 23.1 Å². The van der Waals surface area contributed by atoms with Crippen LogP contribution in [0.15, 0.2) is 108 Å². The molecule has 0 aliphatic rings. The predicted octanol–water partition coefficient (Wildman–Crippen LogP) is 8.14. The second kappa shape index (κ2) is 15.4. The summed E-state index contributed by atoms with van der Waals surface area (Å²) in [6, 6.07) is 27.7. The molecule has 1 amide bonds. The SMILES string of the molecule is C.COC(=O)[C@@H](NC(=O)c1cccc(Oc2ccc(-c3cc(C(F)(F)F)c(C#N)c(=O)n3Cc3ccc(C)cc3C)cc2)c1)c1ccccc1. The lowest BCUT2D eigenvalue weighted by Gasteiger charge is -2.19. The topological polar surface area (TPSA) is 110 Å². The molecule has 50 heavy (non-hydrogen) atoms. The number of aromatic nitrogens is 1. The number of ether oxygens (including phenoxy) is 2. The monoisotopic (exact) mass is 681 g/mol. The summed E-state index contributed by atoms with van der Waals surface area (Å²) in [6.45, 7) is 3.69. The van der Waals surface area contributed by atoms with Crippen molar-refractivity contribution in [2.24, 2.45) is 0 Å². The van der Waals surface area contributed by atoms with E-state index >= 15 is 0 Å². The van der Waals surface area contributed by atoms with Gasteiger partial charge in [0.05, 0.1) is 24.9 Å². The standard InChI is InChI=1S/C38H30F3N3O5.CH4/c1-23-12-13-28(24(2)18-23)22-44-33(20-32(38(39,40)41)31(21-42)36(44)46)25-14-16-29(17-15-25)49-30-11-7-10-27(19-30)35(45)43-34(37(47)48-3)26-8-5-4-6-9-26;/h4-20,34H,22H2,1-3H3,(H,43,45);1H4/t34-;/m0./s1. The van der Waals surface area contributed by atoms with E-state index in [9.17, 15) is 32.8 Å². The highest BCUT2D eigenvalue weighted by molar-refractivity contribution is 5.97. The Labute approximate surface area is 287 Å². The number of hydrogen-bond acceptors (Lipinski definition) is 6. The number of methoxy groups -OCH3 is 1. The maximum Gasteiger partial charge on any atom is 0.417 e. The number of benzene rings is 4. The Bertz CT molecular complexity index is 2120. The van der Waals surface area contributed by atoms with Gasteiger partial charge in [-0.05, 0) is 84.6 Å². The summed E-state index contributed by atoms with van der Waals surface area (Å²) in [7, 11) is 1.23. The molecular formula is C39H34F3N3O5. The van der Waals surface area contributed by atoms with Crippen LogP contribution in [0, 0.1) is 25.2 Å². The molecule has 0 aliphatic heterocycles. The summed E-state index contributed by atoms with van der Waals surface area (Å²) in [6.07, 6.45) is -4.93. The van der Waals surface area contributed by atoms with Gasteiger partial charge in [0, 0.05) is 5.56 Å². The van der Waals surface area contributed by atoms with Crippen LogP contribution in [0.4, 0.5) is 13.2 Å². The third-order valence-electron chi connectivity index (χ3n) is 7.87. The lowest BCUT2D eigenvalue weighted by Crippen LogP contribution is -2.34. The Hall–Kier alpha value is -6.15. The highest BCUT2D eigenvalue weighted by Gasteiger charge is 2.36. The second-order valence-corrected chi connectivity index (χ2v) is 11.2. The molecule has 1 aromatic heterocycles. The molecule has 5 aromatic rings. The number of esters is 1. The number of halogens is 3. The van der Waals surface area contributed by atoms with Crippen LogP contribution in [0.2, 0.25) is 0 Å². The minimum Gasteiger partial charge on any atom is -0.467 e. The molecule has 0 saturated heterocycles. The summed E-state index contributed by atoms with van der Waals surface area (Å²) in [4.78, 5) is 38.9. The minimum atomic E-state index is -4.93. The molecule has 0 radical (unpaired) electrons. The first kappa shape index (κ1) is 36.7. The molecule has 1 heterocycles. The van der Waals surface area contributed by atoms with Crippen molar-refractivity contribution in [1.82, 2.24) is 9.88 Å². The molecule has 1 atom stereocenters. The van der Waals surface area contributed by atoms with E-state index in [1.54, 1.807) is 54.6 Å². The number of alkyl halides is 3. The van der Waals surface area contributed by atoms with Crippen molar-refractivity contribution >= 4 is 11.9 Å². The molecule has 0 unspecified atom stereocenters. The maximum atomic E-state index is 14.0. The molecule has 8 nitrogen and oxygen atoms in total. The van der Waals surface area contributed by atoms with Gasteiger partial charge in [-0.3, -0.25) is 9.59 Å². The smallest absolute Gasteiger partial charge is 0.417 e. The van der Waals surface area contributed by atoms with E-state index in [1.165, 1.54) is 48.1 Å². The summed E-state index contributed by atoms with van der Waals surface area (Å²) >= 11 is 0. The molecule has 0 saturated carbocycles. The predicted molar refractivity (Wildman–Crippen MR) is 183 cm³/mol. The summed E-state index contributed by atoms with van der Waals surface area (Å²) < 4.78 is 54.0. The average Bonchev–Trinajstić information content (AvgIpc) is 3.09. The number of amides is 1. The van der Waals surface area contributed by atoms with Crippen LogP contribution in [-0.2, 0) is 22.3 Å². The van der Waals surface area contributed by atoms with Crippen LogP contribution in [0.3, 0.4) is 0 Å². The first-order valence-corrected chi connectivity index (χ1v) is 15.0. The van der Waals surface area contributed by atoms with Crippen molar-refractivity contribution in [3.63, 3.8) is 0 Å².